The van der Waals surface area contributed by atoms with Gasteiger partial charge in [0, 0.05) is 17.5 Å². The van der Waals surface area contributed by atoms with Crippen molar-refractivity contribution < 1.29 is 27.5 Å². The molecule has 0 heterocycles. The first-order chi connectivity index (χ1) is 12.6. The number of amides is 1. The van der Waals surface area contributed by atoms with E-state index < -0.39 is 27.8 Å². The summed E-state index contributed by atoms with van der Waals surface area (Å²) < 4.78 is 28.7. The summed E-state index contributed by atoms with van der Waals surface area (Å²) in [7, 11) is -3.63. The van der Waals surface area contributed by atoms with Crippen LogP contribution in [0.15, 0.2) is 53.4 Å². The molecule has 2 aromatic carbocycles. The normalized spacial score (nSPS) is 12.1. The van der Waals surface area contributed by atoms with E-state index in [1.54, 1.807) is 18.2 Å². The Morgan fingerprint density at radius 3 is 2.33 bits per heavy atom. The Balaban J connectivity index is 2.12. The van der Waals surface area contributed by atoms with E-state index in [1.807, 2.05) is 0 Å². The highest BCUT2D eigenvalue weighted by Gasteiger charge is 2.24. The zero-order valence-electron chi connectivity index (χ0n) is 15.1. The molecule has 2 aromatic rings. The maximum absolute atomic E-state index is 12.3. The minimum absolute atomic E-state index is 0.141. The molecule has 1 N–H and O–H groups in total. The van der Waals surface area contributed by atoms with Crippen LogP contribution in [-0.2, 0) is 19.4 Å². The number of carbonyl (C=O) groups is 3. The zero-order chi connectivity index (χ0) is 20.2. The number of nitrogens with one attached hydrogen (secondary N) is 1. The van der Waals surface area contributed by atoms with Crippen LogP contribution < -0.4 is 5.32 Å². The van der Waals surface area contributed by atoms with E-state index in [0.717, 1.165) is 6.26 Å². The fourth-order valence-electron chi connectivity index (χ4n) is 2.30. The van der Waals surface area contributed by atoms with Gasteiger partial charge in [-0.3, -0.25) is 9.59 Å². The van der Waals surface area contributed by atoms with E-state index in [4.69, 9.17) is 4.74 Å². The summed E-state index contributed by atoms with van der Waals surface area (Å²) in [5, 5.41) is 2.55. The van der Waals surface area contributed by atoms with Gasteiger partial charge in [0.15, 0.2) is 21.7 Å². The van der Waals surface area contributed by atoms with Gasteiger partial charge in [-0.1, -0.05) is 24.3 Å². The van der Waals surface area contributed by atoms with Crippen molar-refractivity contribution in [3.63, 3.8) is 0 Å². The molecule has 0 saturated carbocycles. The molecule has 0 aliphatic rings. The minimum atomic E-state index is -3.63. The Hall–Kier alpha value is -3.00. The van der Waals surface area contributed by atoms with Gasteiger partial charge in [0.25, 0.3) is 5.91 Å². The Morgan fingerprint density at radius 1 is 1.04 bits per heavy atom. The molecule has 0 aliphatic carbocycles. The lowest BCUT2D eigenvalue weighted by Gasteiger charge is -2.15. The lowest BCUT2D eigenvalue weighted by molar-refractivity contribution is -0.123. The Kier molecular flexibility index (Phi) is 6.12. The summed E-state index contributed by atoms with van der Waals surface area (Å²) in [6, 6.07) is 11.9. The molecule has 0 spiro atoms. The van der Waals surface area contributed by atoms with Gasteiger partial charge < -0.3 is 10.1 Å². The van der Waals surface area contributed by atoms with Crippen LogP contribution in [0.1, 0.15) is 34.6 Å². The average molecular weight is 389 g/mol. The molecule has 2 rings (SSSR count). The van der Waals surface area contributed by atoms with E-state index in [9.17, 15) is 22.8 Å². The molecule has 27 heavy (non-hydrogen) atoms. The van der Waals surface area contributed by atoms with Crippen LogP contribution in [0.4, 0.5) is 5.69 Å². The molecule has 8 heteroatoms. The molecule has 1 atom stereocenters. The minimum Gasteiger partial charge on any atom is -0.449 e. The number of Topliss-reactive ketones (excluding diaryl/α,β-unsaturated/α-hetero) is 1. The highest BCUT2D eigenvalue weighted by atomic mass is 32.2. The third-order valence-corrected chi connectivity index (χ3v) is 4.85. The highest BCUT2D eigenvalue weighted by Crippen LogP contribution is 2.18. The zero-order valence-corrected chi connectivity index (χ0v) is 15.9. The second-order valence-electron chi connectivity index (χ2n) is 5.94. The molecular formula is C19H19NO6S. The van der Waals surface area contributed by atoms with Crippen molar-refractivity contribution in [2.45, 2.75) is 24.8 Å². The summed E-state index contributed by atoms with van der Waals surface area (Å²) in [5.41, 5.74) is 0.671. The molecule has 7 nitrogen and oxygen atoms in total. The SMILES string of the molecule is CC(=O)c1cccc(NC(=O)[C@H](C)OC(=O)c2ccccc2S(C)(=O)=O)c1. The van der Waals surface area contributed by atoms with Crippen LogP contribution in [0.2, 0.25) is 0 Å². The van der Waals surface area contributed by atoms with Gasteiger partial charge in [-0.25, -0.2) is 13.2 Å². The first kappa shape index (κ1) is 20.3. The molecule has 0 unspecified atom stereocenters. The maximum Gasteiger partial charge on any atom is 0.340 e. The van der Waals surface area contributed by atoms with Crippen molar-refractivity contribution in [2.24, 2.45) is 0 Å². The summed E-state index contributed by atoms with van der Waals surface area (Å²) >= 11 is 0. The van der Waals surface area contributed by atoms with Crippen molar-refractivity contribution in [2.75, 3.05) is 11.6 Å². The fourth-order valence-corrected chi connectivity index (χ4v) is 3.17. The quantitative estimate of drug-likeness (QED) is 0.601. The summed E-state index contributed by atoms with van der Waals surface area (Å²) in [6.45, 7) is 2.77. The first-order valence-electron chi connectivity index (χ1n) is 8.01. The number of carbonyl (C=O) groups excluding carboxylic acids is 3. The highest BCUT2D eigenvalue weighted by molar-refractivity contribution is 7.90. The molecule has 1 amide bonds. The third-order valence-electron chi connectivity index (χ3n) is 3.70. The van der Waals surface area contributed by atoms with Crippen LogP contribution in [0, 0.1) is 0 Å². The number of esters is 1. The van der Waals surface area contributed by atoms with E-state index in [0.29, 0.717) is 11.3 Å². The van der Waals surface area contributed by atoms with Crippen molar-refractivity contribution in [3.05, 3.63) is 59.7 Å². The number of rotatable bonds is 6. The molecule has 0 fully saturated rings. The van der Waals surface area contributed by atoms with Crippen molar-refractivity contribution in [1.82, 2.24) is 0 Å². The van der Waals surface area contributed by atoms with Crippen LogP contribution in [0.25, 0.3) is 0 Å². The van der Waals surface area contributed by atoms with Crippen molar-refractivity contribution in [1.29, 1.82) is 0 Å². The Morgan fingerprint density at radius 2 is 1.70 bits per heavy atom. The maximum atomic E-state index is 12.3. The predicted molar refractivity (Wildman–Crippen MR) is 99.5 cm³/mol. The molecule has 142 valence electrons. The lowest BCUT2D eigenvalue weighted by Crippen LogP contribution is -2.30. The average Bonchev–Trinajstić information content (AvgIpc) is 2.61. The molecule has 0 bridgehead atoms. The summed E-state index contributed by atoms with van der Waals surface area (Å²) in [4.78, 5) is 35.8. The number of ketones is 1. The Labute approximate surface area is 157 Å². The van der Waals surface area contributed by atoms with Crippen molar-refractivity contribution >= 4 is 33.2 Å². The first-order valence-corrected chi connectivity index (χ1v) is 9.90. The Bertz CT molecular complexity index is 997. The standard InChI is InChI=1S/C19H19NO6S/c1-12(21)14-7-6-8-15(11-14)20-18(22)13(2)26-19(23)16-9-4-5-10-17(16)27(3,24)25/h4-11,13H,1-3H3,(H,20,22)/t13-/m0/s1. The molecule has 0 saturated heterocycles. The molecule has 0 aliphatic heterocycles. The van der Waals surface area contributed by atoms with E-state index in [-0.39, 0.29) is 16.2 Å². The third kappa shape index (κ3) is 5.24. The van der Waals surface area contributed by atoms with Crippen LogP contribution in [0.3, 0.4) is 0 Å². The van der Waals surface area contributed by atoms with Gasteiger partial charge in [0.2, 0.25) is 0 Å². The number of sulfone groups is 1. The fraction of sp³-hybridized carbons (Fsp3) is 0.211. The number of benzene rings is 2. The number of ether oxygens (including phenoxy) is 1. The number of hydrogen-bond acceptors (Lipinski definition) is 6. The van der Waals surface area contributed by atoms with Gasteiger partial charge >= 0.3 is 5.97 Å². The molecule has 0 aromatic heterocycles. The second kappa shape index (κ2) is 8.13. The van der Waals surface area contributed by atoms with Crippen LogP contribution in [0.5, 0.6) is 0 Å². The van der Waals surface area contributed by atoms with E-state index in [1.165, 1.54) is 44.2 Å². The van der Waals surface area contributed by atoms with E-state index in [2.05, 4.69) is 5.32 Å². The van der Waals surface area contributed by atoms with Gasteiger partial charge in [-0.2, -0.15) is 0 Å². The topological polar surface area (TPSA) is 107 Å². The van der Waals surface area contributed by atoms with Crippen LogP contribution >= 0.6 is 0 Å². The van der Waals surface area contributed by atoms with Crippen molar-refractivity contribution in [3.8, 4) is 0 Å². The molecule has 0 radical (unpaired) electrons. The van der Waals surface area contributed by atoms with Gasteiger partial charge in [0.1, 0.15) is 0 Å². The lowest BCUT2D eigenvalue weighted by atomic mass is 10.1. The number of anilines is 1. The smallest absolute Gasteiger partial charge is 0.340 e. The number of hydrogen-bond donors (Lipinski definition) is 1. The second-order valence-corrected chi connectivity index (χ2v) is 7.93. The molecular weight excluding hydrogens is 370 g/mol. The van der Waals surface area contributed by atoms with E-state index >= 15 is 0 Å². The summed E-state index contributed by atoms with van der Waals surface area (Å²) in [6.07, 6.45) is -0.192. The van der Waals surface area contributed by atoms with Gasteiger partial charge in [0.05, 0.1) is 10.5 Å². The predicted octanol–water partition coefficient (Wildman–Crippen LogP) is 2.48. The monoisotopic (exact) mass is 389 g/mol. The van der Waals surface area contributed by atoms with Gasteiger partial charge in [-0.15, -0.1) is 0 Å². The van der Waals surface area contributed by atoms with Crippen LogP contribution in [-0.4, -0.2) is 38.4 Å². The van der Waals surface area contributed by atoms with Gasteiger partial charge in [-0.05, 0) is 38.1 Å². The summed E-state index contributed by atoms with van der Waals surface area (Å²) in [5.74, 6) is -1.68. The largest absolute Gasteiger partial charge is 0.449 e.